The average molecular weight is 403 g/mol. The van der Waals surface area contributed by atoms with Crippen molar-refractivity contribution in [3.8, 4) is 0 Å². The molecule has 0 aliphatic carbocycles. The van der Waals surface area contributed by atoms with Crippen molar-refractivity contribution in [2.24, 2.45) is 5.16 Å². The van der Waals surface area contributed by atoms with Crippen molar-refractivity contribution in [3.05, 3.63) is 70.0 Å². The summed E-state index contributed by atoms with van der Waals surface area (Å²) in [5.74, 6) is -0.776. The van der Waals surface area contributed by atoms with Crippen molar-refractivity contribution in [1.29, 1.82) is 0 Å². The predicted octanol–water partition coefficient (Wildman–Crippen LogP) is 5.15. The summed E-state index contributed by atoms with van der Waals surface area (Å²) in [6.45, 7) is 8.38. The molecule has 0 aromatic heterocycles. The van der Waals surface area contributed by atoms with Crippen molar-refractivity contribution >= 4 is 23.2 Å². The van der Waals surface area contributed by atoms with E-state index in [9.17, 15) is 9.18 Å². The Bertz CT molecular complexity index is 883. The van der Waals surface area contributed by atoms with E-state index >= 15 is 0 Å². The van der Waals surface area contributed by atoms with Crippen LogP contribution < -0.4 is 5.32 Å². The van der Waals surface area contributed by atoms with Gasteiger partial charge in [0.1, 0.15) is 5.82 Å². The third-order valence-electron chi connectivity index (χ3n) is 4.85. The summed E-state index contributed by atoms with van der Waals surface area (Å²) in [5.41, 5.74) is 2.83. The minimum atomic E-state index is -0.804. The number of benzene rings is 2. The lowest BCUT2D eigenvalue weighted by atomic mass is 9.86. The van der Waals surface area contributed by atoms with E-state index in [0.29, 0.717) is 5.71 Å². The standard InChI is InChI=1S/C22H24ClFN2O2/c1-13(14-8-10-15(11-9-14)22(2,3)4)25-21(27)19-12-18(26-28-19)20-16(23)6-5-7-17(20)24/h5-11,13,19H,12H2,1-4H3,(H,25,27). The zero-order chi connectivity index (χ0) is 20.5. The monoisotopic (exact) mass is 402 g/mol. The van der Waals surface area contributed by atoms with E-state index < -0.39 is 11.9 Å². The normalized spacial score (nSPS) is 17.6. The molecule has 0 fully saturated rings. The zero-order valence-electron chi connectivity index (χ0n) is 16.4. The summed E-state index contributed by atoms with van der Waals surface area (Å²) in [4.78, 5) is 17.8. The maximum atomic E-state index is 14.1. The second kappa shape index (κ2) is 7.92. The maximum absolute atomic E-state index is 14.1. The quantitative estimate of drug-likeness (QED) is 0.769. The molecule has 1 heterocycles. The Morgan fingerprint density at radius 3 is 2.54 bits per heavy atom. The van der Waals surface area contributed by atoms with E-state index in [1.807, 2.05) is 19.1 Å². The van der Waals surface area contributed by atoms with Gasteiger partial charge in [0.2, 0.25) is 6.10 Å². The van der Waals surface area contributed by atoms with Gasteiger partial charge in [-0.15, -0.1) is 0 Å². The number of amides is 1. The van der Waals surface area contributed by atoms with Crippen LogP contribution in [0.15, 0.2) is 47.6 Å². The first-order chi connectivity index (χ1) is 13.2. The lowest BCUT2D eigenvalue weighted by molar-refractivity contribution is -0.131. The van der Waals surface area contributed by atoms with Crippen LogP contribution >= 0.6 is 11.6 Å². The fourth-order valence-electron chi connectivity index (χ4n) is 3.10. The van der Waals surface area contributed by atoms with E-state index in [4.69, 9.17) is 16.4 Å². The van der Waals surface area contributed by atoms with Crippen molar-refractivity contribution < 1.29 is 14.0 Å². The van der Waals surface area contributed by atoms with Gasteiger partial charge in [0, 0.05) is 6.42 Å². The molecule has 28 heavy (non-hydrogen) atoms. The molecule has 0 radical (unpaired) electrons. The molecule has 1 aliphatic heterocycles. The van der Waals surface area contributed by atoms with Crippen LogP contribution in [0.25, 0.3) is 0 Å². The van der Waals surface area contributed by atoms with Gasteiger partial charge >= 0.3 is 0 Å². The largest absolute Gasteiger partial charge is 0.382 e. The fourth-order valence-corrected chi connectivity index (χ4v) is 3.37. The Morgan fingerprint density at radius 1 is 1.25 bits per heavy atom. The molecule has 0 saturated heterocycles. The van der Waals surface area contributed by atoms with E-state index in [1.54, 1.807) is 6.07 Å². The molecule has 1 N–H and O–H groups in total. The van der Waals surface area contributed by atoms with Crippen molar-refractivity contribution in [1.82, 2.24) is 5.32 Å². The molecule has 6 heteroatoms. The van der Waals surface area contributed by atoms with Crippen LogP contribution in [-0.4, -0.2) is 17.7 Å². The highest BCUT2D eigenvalue weighted by atomic mass is 35.5. The molecule has 2 unspecified atom stereocenters. The van der Waals surface area contributed by atoms with Crippen molar-refractivity contribution in [2.75, 3.05) is 0 Å². The SMILES string of the molecule is CC(NC(=O)C1CC(c2c(F)cccc2Cl)=NO1)c1ccc(C(C)(C)C)cc1. The van der Waals surface area contributed by atoms with Crippen LogP contribution in [0.2, 0.25) is 5.02 Å². The summed E-state index contributed by atoms with van der Waals surface area (Å²) in [7, 11) is 0. The van der Waals surface area contributed by atoms with E-state index in [1.165, 1.54) is 17.7 Å². The molecule has 0 bridgehead atoms. The molecule has 2 atom stereocenters. The number of nitrogens with zero attached hydrogens (tertiary/aromatic N) is 1. The van der Waals surface area contributed by atoms with Crippen LogP contribution in [0.3, 0.4) is 0 Å². The number of carbonyl (C=O) groups excluding carboxylic acids is 1. The lowest BCUT2D eigenvalue weighted by Gasteiger charge is -2.21. The summed E-state index contributed by atoms with van der Waals surface area (Å²) in [6, 6.07) is 12.4. The Balaban J connectivity index is 1.63. The third-order valence-corrected chi connectivity index (χ3v) is 5.16. The second-order valence-corrected chi connectivity index (χ2v) is 8.44. The van der Waals surface area contributed by atoms with Crippen LogP contribution in [0.5, 0.6) is 0 Å². The molecular formula is C22H24ClFN2O2. The fraction of sp³-hybridized carbons (Fsp3) is 0.364. The molecule has 2 aromatic rings. The number of rotatable bonds is 4. The lowest BCUT2D eigenvalue weighted by Crippen LogP contribution is -2.36. The molecule has 4 nitrogen and oxygen atoms in total. The molecule has 2 aromatic carbocycles. The van der Waals surface area contributed by atoms with Crippen molar-refractivity contribution in [2.45, 2.75) is 51.7 Å². The number of hydrogen-bond donors (Lipinski definition) is 1. The Labute approximate surface area is 169 Å². The Hall–Kier alpha value is -2.40. The van der Waals surface area contributed by atoms with Crippen LogP contribution in [0.1, 0.15) is 56.8 Å². The van der Waals surface area contributed by atoms with E-state index in [2.05, 4.69) is 43.4 Å². The minimum Gasteiger partial charge on any atom is -0.382 e. The van der Waals surface area contributed by atoms with Gasteiger partial charge in [-0.1, -0.05) is 67.9 Å². The van der Waals surface area contributed by atoms with E-state index in [-0.39, 0.29) is 34.4 Å². The van der Waals surface area contributed by atoms with Gasteiger partial charge in [-0.3, -0.25) is 4.79 Å². The highest BCUT2D eigenvalue weighted by molar-refractivity contribution is 6.34. The molecule has 3 rings (SSSR count). The van der Waals surface area contributed by atoms with Crippen LogP contribution in [-0.2, 0) is 15.0 Å². The number of halogens is 2. The van der Waals surface area contributed by atoms with Gasteiger partial charge in [-0.25, -0.2) is 4.39 Å². The summed E-state index contributed by atoms with van der Waals surface area (Å²) < 4.78 is 14.1. The first-order valence-electron chi connectivity index (χ1n) is 9.24. The van der Waals surface area contributed by atoms with Crippen molar-refractivity contribution in [3.63, 3.8) is 0 Å². The smallest absolute Gasteiger partial charge is 0.264 e. The summed E-state index contributed by atoms with van der Waals surface area (Å²) in [5, 5.41) is 7.06. The maximum Gasteiger partial charge on any atom is 0.264 e. The van der Waals surface area contributed by atoms with Gasteiger partial charge < -0.3 is 10.2 Å². The number of hydrogen-bond acceptors (Lipinski definition) is 3. The van der Waals surface area contributed by atoms with Gasteiger partial charge in [0.25, 0.3) is 5.91 Å². The number of carbonyl (C=O) groups is 1. The Morgan fingerprint density at radius 2 is 1.93 bits per heavy atom. The highest BCUT2D eigenvalue weighted by Crippen LogP contribution is 2.27. The molecule has 1 amide bonds. The molecule has 0 spiro atoms. The zero-order valence-corrected chi connectivity index (χ0v) is 17.2. The van der Waals surface area contributed by atoms with Gasteiger partial charge in [-0.05, 0) is 35.6 Å². The van der Waals surface area contributed by atoms with E-state index in [0.717, 1.165) is 5.56 Å². The number of oxime groups is 1. The second-order valence-electron chi connectivity index (χ2n) is 8.04. The molecule has 148 valence electrons. The topological polar surface area (TPSA) is 50.7 Å². The van der Waals surface area contributed by atoms with Gasteiger partial charge in [0.05, 0.1) is 22.3 Å². The van der Waals surface area contributed by atoms with Crippen LogP contribution in [0.4, 0.5) is 4.39 Å². The molecule has 0 saturated carbocycles. The molecule has 1 aliphatic rings. The van der Waals surface area contributed by atoms with Crippen LogP contribution in [0, 0.1) is 5.82 Å². The first kappa shape index (κ1) is 20.3. The molecular weight excluding hydrogens is 379 g/mol. The highest BCUT2D eigenvalue weighted by Gasteiger charge is 2.31. The third kappa shape index (κ3) is 4.36. The van der Waals surface area contributed by atoms with Gasteiger partial charge in [0.15, 0.2) is 0 Å². The first-order valence-corrected chi connectivity index (χ1v) is 9.62. The summed E-state index contributed by atoms with van der Waals surface area (Å²) >= 11 is 6.07. The average Bonchev–Trinajstić information content (AvgIpc) is 3.11. The van der Waals surface area contributed by atoms with Gasteiger partial charge in [-0.2, -0.15) is 0 Å². The number of nitrogens with one attached hydrogen (secondary N) is 1. The summed E-state index contributed by atoms with van der Waals surface area (Å²) in [6.07, 6.45) is -0.635. The Kier molecular flexibility index (Phi) is 5.75. The minimum absolute atomic E-state index is 0.0738. The predicted molar refractivity (Wildman–Crippen MR) is 109 cm³/mol.